The standard InChI is InChI=1S/C6H7N3O4/c1-3-5(9-13-8-3)6(12)7-2-4(10)11/h2H2,1H3,(H,7,12)(H,10,11). The molecule has 13 heavy (non-hydrogen) atoms. The Morgan fingerprint density at radius 3 is 2.69 bits per heavy atom. The Morgan fingerprint density at radius 2 is 2.23 bits per heavy atom. The van der Waals surface area contributed by atoms with Gasteiger partial charge in [-0.2, -0.15) is 0 Å². The number of nitrogens with one attached hydrogen (secondary N) is 1. The Hall–Kier alpha value is -1.92. The van der Waals surface area contributed by atoms with Crippen LogP contribution in [0.25, 0.3) is 0 Å². The lowest BCUT2D eigenvalue weighted by atomic mass is 10.3. The third-order valence-electron chi connectivity index (χ3n) is 1.27. The lowest BCUT2D eigenvalue weighted by molar-refractivity contribution is -0.135. The first kappa shape index (κ1) is 9.17. The Labute approximate surface area is 72.7 Å². The molecule has 1 heterocycles. The van der Waals surface area contributed by atoms with Gasteiger partial charge in [0.1, 0.15) is 12.2 Å². The van der Waals surface area contributed by atoms with E-state index >= 15 is 0 Å². The number of aromatic nitrogens is 2. The van der Waals surface area contributed by atoms with Crippen LogP contribution in [0.1, 0.15) is 16.2 Å². The van der Waals surface area contributed by atoms with E-state index in [4.69, 9.17) is 5.11 Å². The van der Waals surface area contributed by atoms with Crippen molar-refractivity contribution in [2.45, 2.75) is 6.92 Å². The molecule has 0 atom stereocenters. The van der Waals surface area contributed by atoms with Gasteiger partial charge in [-0.05, 0) is 12.1 Å². The van der Waals surface area contributed by atoms with Gasteiger partial charge in [-0.1, -0.05) is 5.16 Å². The van der Waals surface area contributed by atoms with Gasteiger partial charge in [-0.25, -0.2) is 4.63 Å². The predicted octanol–water partition coefficient (Wildman–Crippen LogP) is -0.808. The molecule has 0 aliphatic heterocycles. The van der Waals surface area contributed by atoms with E-state index < -0.39 is 18.4 Å². The molecule has 70 valence electrons. The summed E-state index contributed by atoms with van der Waals surface area (Å²) in [7, 11) is 0. The van der Waals surface area contributed by atoms with Crippen LogP contribution < -0.4 is 5.32 Å². The van der Waals surface area contributed by atoms with Crippen LogP contribution in [0.3, 0.4) is 0 Å². The fourth-order valence-electron chi connectivity index (χ4n) is 0.677. The van der Waals surface area contributed by atoms with Crippen molar-refractivity contribution >= 4 is 11.9 Å². The second kappa shape index (κ2) is 3.65. The van der Waals surface area contributed by atoms with Crippen LogP contribution >= 0.6 is 0 Å². The number of hydrogen-bond donors (Lipinski definition) is 2. The molecule has 1 aromatic heterocycles. The summed E-state index contributed by atoms with van der Waals surface area (Å²) in [6, 6.07) is 0. The molecule has 1 aromatic rings. The van der Waals surface area contributed by atoms with Crippen LogP contribution in [0.4, 0.5) is 0 Å². The van der Waals surface area contributed by atoms with E-state index in [1.165, 1.54) is 6.92 Å². The fraction of sp³-hybridized carbons (Fsp3) is 0.333. The van der Waals surface area contributed by atoms with E-state index in [0.29, 0.717) is 5.69 Å². The zero-order valence-corrected chi connectivity index (χ0v) is 6.77. The minimum Gasteiger partial charge on any atom is -0.480 e. The van der Waals surface area contributed by atoms with Gasteiger partial charge in [0.05, 0.1) is 0 Å². The highest BCUT2D eigenvalue weighted by atomic mass is 16.6. The van der Waals surface area contributed by atoms with Gasteiger partial charge in [-0.3, -0.25) is 9.59 Å². The van der Waals surface area contributed by atoms with Crippen LogP contribution in [0.5, 0.6) is 0 Å². The summed E-state index contributed by atoms with van der Waals surface area (Å²) in [6.07, 6.45) is 0. The summed E-state index contributed by atoms with van der Waals surface area (Å²) in [4.78, 5) is 21.2. The van der Waals surface area contributed by atoms with Crippen LogP contribution in [-0.4, -0.2) is 33.8 Å². The zero-order chi connectivity index (χ0) is 9.84. The largest absolute Gasteiger partial charge is 0.480 e. The molecular formula is C6H7N3O4. The number of aryl methyl sites for hydroxylation is 1. The van der Waals surface area contributed by atoms with Crippen LogP contribution in [0, 0.1) is 6.92 Å². The monoisotopic (exact) mass is 185 g/mol. The molecule has 1 rings (SSSR count). The van der Waals surface area contributed by atoms with Gasteiger partial charge in [0.15, 0.2) is 5.69 Å². The van der Waals surface area contributed by atoms with Crippen molar-refractivity contribution in [1.29, 1.82) is 0 Å². The van der Waals surface area contributed by atoms with Crippen molar-refractivity contribution in [1.82, 2.24) is 15.6 Å². The summed E-state index contributed by atoms with van der Waals surface area (Å²) in [5.74, 6) is -1.73. The van der Waals surface area contributed by atoms with Crippen molar-refractivity contribution < 1.29 is 19.3 Å². The van der Waals surface area contributed by atoms with E-state index in [0.717, 1.165) is 0 Å². The maximum Gasteiger partial charge on any atom is 0.322 e. The van der Waals surface area contributed by atoms with Gasteiger partial charge < -0.3 is 10.4 Å². The van der Waals surface area contributed by atoms with Crippen molar-refractivity contribution in [3.8, 4) is 0 Å². The number of carbonyl (C=O) groups is 2. The molecule has 0 radical (unpaired) electrons. The molecule has 0 saturated heterocycles. The number of carbonyl (C=O) groups excluding carboxylic acids is 1. The molecule has 0 aromatic carbocycles. The number of rotatable bonds is 3. The van der Waals surface area contributed by atoms with Crippen LogP contribution in [-0.2, 0) is 4.79 Å². The first-order valence-electron chi connectivity index (χ1n) is 3.40. The number of hydrogen-bond acceptors (Lipinski definition) is 5. The molecule has 0 aliphatic carbocycles. The average Bonchev–Trinajstić information content (AvgIpc) is 2.47. The quantitative estimate of drug-likeness (QED) is 0.638. The highest BCUT2D eigenvalue weighted by Crippen LogP contribution is 1.98. The minimum atomic E-state index is -1.12. The highest BCUT2D eigenvalue weighted by Gasteiger charge is 2.14. The Kier molecular flexibility index (Phi) is 2.58. The summed E-state index contributed by atoms with van der Waals surface area (Å²) < 4.78 is 4.26. The lowest BCUT2D eigenvalue weighted by Crippen LogP contribution is -2.29. The topological polar surface area (TPSA) is 105 Å². The van der Waals surface area contributed by atoms with Crippen molar-refractivity contribution in [2.75, 3.05) is 6.54 Å². The van der Waals surface area contributed by atoms with Gasteiger partial charge in [0.2, 0.25) is 0 Å². The SMILES string of the molecule is Cc1nonc1C(=O)NCC(=O)O. The summed E-state index contributed by atoms with van der Waals surface area (Å²) in [5.41, 5.74) is 0.323. The first-order valence-corrected chi connectivity index (χ1v) is 3.40. The predicted molar refractivity (Wildman–Crippen MR) is 39.0 cm³/mol. The van der Waals surface area contributed by atoms with Crippen LogP contribution in [0.2, 0.25) is 0 Å². The number of aliphatic carboxylic acids is 1. The second-order valence-corrected chi connectivity index (χ2v) is 2.27. The maximum atomic E-state index is 11.1. The molecule has 0 aliphatic rings. The molecule has 7 heteroatoms. The number of nitrogens with zero attached hydrogens (tertiary/aromatic N) is 2. The van der Waals surface area contributed by atoms with Gasteiger partial charge in [-0.15, -0.1) is 0 Å². The lowest BCUT2D eigenvalue weighted by Gasteiger charge is -1.96. The average molecular weight is 185 g/mol. The first-order chi connectivity index (χ1) is 6.11. The molecule has 0 unspecified atom stereocenters. The van der Waals surface area contributed by atoms with Crippen molar-refractivity contribution in [2.24, 2.45) is 0 Å². The van der Waals surface area contributed by atoms with Crippen LogP contribution in [0.15, 0.2) is 4.63 Å². The summed E-state index contributed by atoms with van der Waals surface area (Å²) in [6.45, 7) is 1.08. The fourth-order valence-corrected chi connectivity index (χ4v) is 0.677. The highest BCUT2D eigenvalue weighted by molar-refractivity contribution is 5.94. The number of carboxylic acids is 1. The Morgan fingerprint density at radius 1 is 1.54 bits per heavy atom. The van der Waals surface area contributed by atoms with Gasteiger partial charge >= 0.3 is 5.97 Å². The number of carboxylic acid groups (broad SMARTS) is 1. The molecule has 0 fully saturated rings. The maximum absolute atomic E-state index is 11.1. The smallest absolute Gasteiger partial charge is 0.322 e. The third kappa shape index (κ3) is 2.26. The molecule has 0 spiro atoms. The normalized spacial score (nSPS) is 9.62. The van der Waals surface area contributed by atoms with E-state index in [1.54, 1.807) is 0 Å². The van der Waals surface area contributed by atoms with E-state index in [2.05, 4.69) is 20.3 Å². The Balaban J connectivity index is 2.59. The van der Waals surface area contributed by atoms with Gasteiger partial charge in [0.25, 0.3) is 5.91 Å². The van der Waals surface area contributed by atoms with E-state index in [1.807, 2.05) is 0 Å². The molecule has 1 amide bonds. The molecule has 0 saturated carbocycles. The van der Waals surface area contributed by atoms with E-state index in [9.17, 15) is 9.59 Å². The summed E-state index contributed by atoms with van der Waals surface area (Å²) in [5, 5.41) is 17.1. The summed E-state index contributed by atoms with van der Waals surface area (Å²) >= 11 is 0. The zero-order valence-electron chi connectivity index (χ0n) is 6.77. The molecule has 0 bridgehead atoms. The molecular weight excluding hydrogens is 178 g/mol. The van der Waals surface area contributed by atoms with Gasteiger partial charge in [0, 0.05) is 0 Å². The van der Waals surface area contributed by atoms with Crippen molar-refractivity contribution in [3.63, 3.8) is 0 Å². The second-order valence-electron chi connectivity index (χ2n) is 2.27. The molecule has 7 nitrogen and oxygen atoms in total. The third-order valence-corrected chi connectivity index (χ3v) is 1.27. The Bertz CT molecular complexity index is 332. The van der Waals surface area contributed by atoms with Crippen molar-refractivity contribution in [3.05, 3.63) is 11.4 Å². The molecule has 2 N–H and O–H groups in total. The minimum absolute atomic E-state index is 0.00116. The number of amides is 1. The van der Waals surface area contributed by atoms with E-state index in [-0.39, 0.29) is 5.69 Å².